The van der Waals surface area contributed by atoms with E-state index in [4.69, 9.17) is 0 Å². The topological polar surface area (TPSA) is 49.0 Å². The maximum absolute atomic E-state index is 4.50. The van der Waals surface area contributed by atoms with Crippen molar-refractivity contribution in [3.8, 4) is 11.1 Å². The number of aromatic nitrogens is 1. The molecule has 3 rings (SSSR count). The fourth-order valence-corrected chi connectivity index (χ4v) is 4.25. The molecule has 3 N–H and O–H groups in total. The molecule has 0 atom stereocenters. The van der Waals surface area contributed by atoms with Crippen molar-refractivity contribution in [1.82, 2.24) is 10.3 Å². The van der Waals surface area contributed by atoms with E-state index in [0.29, 0.717) is 0 Å². The number of nitrogens with one attached hydrogen (secondary N) is 3. The van der Waals surface area contributed by atoms with Gasteiger partial charge in [0.05, 0.1) is 11.9 Å². The zero-order chi connectivity index (χ0) is 29.7. The van der Waals surface area contributed by atoms with Crippen LogP contribution in [0.5, 0.6) is 0 Å². The number of anilines is 2. The standard InChI is InChI=1S/C34H40N4.C2H6/c1-9-27(20-36-11-3)18-28(10-2)30-16-17-33(35-8)31(19-30)24(5)26(7)38-34-22-37-21-32(25(34)6)29-14-12-23(4)13-15-29;1-2/h9-10,12-19,21-22,35-36,38H,1,5,7,11,20H2,2-4,6,8H3;1-2H3/b27-18+,28-10+;. The molecule has 0 bridgehead atoms. The molecule has 40 heavy (non-hydrogen) atoms. The summed E-state index contributed by atoms with van der Waals surface area (Å²) in [7, 11) is 1.92. The summed E-state index contributed by atoms with van der Waals surface area (Å²) >= 11 is 0. The number of hydrogen-bond donors (Lipinski definition) is 3. The largest absolute Gasteiger partial charge is 0.388 e. The molecule has 1 heterocycles. The summed E-state index contributed by atoms with van der Waals surface area (Å²) in [5.74, 6) is 0. The Morgan fingerprint density at radius 1 is 0.975 bits per heavy atom. The zero-order valence-corrected chi connectivity index (χ0v) is 25.4. The number of benzene rings is 2. The van der Waals surface area contributed by atoms with Gasteiger partial charge in [-0.15, -0.1) is 0 Å². The first-order chi connectivity index (χ1) is 19.3. The first-order valence-electron chi connectivity index (χ1n) is 14.0. The highest BCUT2D eigenvalue weighted by Gasteiger charge is 2.14. The average Bonchev–Trinajstić information content (AvgIpc) is 2.99. The van der Waals surface area contributed by atoms with E-state index in [1.807, 2.05) is 39.4 Å². The van der Waals surface area contributed by atoms with E-state index in [1.54, 1.807) is 0 Å². The number of likely N-dealkylation sites (N-methyl/N-ethyl adjacent to an activating group) is 1. The van der Waals surface area contributed by atoms with Gasteiger partial charge in [-0.2, -0.15) is 0 Å². The minimum absolute atomic E-state index is 0.723. The molecule has 0 aliphatic rings. The molecule has 210 valence electrons. The fraction of sp³-hybridized carbons (Fsp3) is 0.250. The predicted molar refractivity (Wildman–Crippen MR) is 179 cm³/mol. The lowest BCUT2D eigenvalue weighted by atomic mass is 9.95. The summed E-state index contributed by atoms with van der Waals surface area (Å²) in [5.41, 5.74) is 12.4. The molecule has 1 aromatic heterocycles. The van der Waals surface area contributed by atoms with Gasteiger partial charge < -0.3 is 16.0 Å². The third kappa shape index (κ3) is 8.17. The van der Waals surface area contributed by atoms with Crippen molar-refractivity contribution in [2.45, 2.75) is 41.5 Å². The number of aryl methyl sites for hydroxylation is 1. The number of nitrogens with zero attached hydrogens (tertiary/aromatic N) is 1. The molecule has 2 aromatic carbocycles. The van der Waals surface area contributed by atoms with Gasteiger partial charge >= 0.3 is 0 Å². The Hall–Kier alpha value is -4.15. The smallest absolute Gasteiger partial charge is 0.0606 e. The Morgan fingerprint density at radius 3 is 2.27 bits per heavy atom. The Bertz CT molecular complexity index is 1370. The molecule has 0 radical (unpaired) electrons. The van der Waals surface area contributed by atoms with Crippen LogP contribution in [-0.4, -0.2) is 25.1 Å². The van der Waals surface area contributed by atoms with Crippen molar-refractivity contribution in [2.24, 2.45) is 0 Å². The maximum Gasteiger partial charge on any atom is 0.0606 e. The fourth-order valence-electron chi connectivity index (χ4n) is 4.25. The summed E-state index contributed by atoms with van der Waals surface area (Å²) in [6, 6.07) is 14.9. The highest BCUT2D eigenvalue weighted by atomic mass is 14.9. The molecule has 0 aliphatic heterocycles. The second kappa shape index (κ2) is 16.1. The van der Waals surface area contributed by atoms with Crippen LogP contribution in [0.15, 0.2) is 104 Å². The first kappa shape index (κ1) is 32.1. The third-order valence-corrected chi connectivity index (χ3v) is 6.67. The second-order valence-electron chi connectivity index (χ2n) is 9.27. The molecule has 0 spiro atoms. The number of hydrogen-bond acceptors (Lipinski definition) is 4. The number of allylic oxidation sites excluding steroid dienone is 4. The quantitative estimate of drug-likeness (QED) is 0.203. The maximum atomic E-state index is 4.50. The lowest BCUT2D eigenvalue weighted by Gasteiger charge is -2.19. The van der Waals surface area contributed by atoms with E-state index < -0.39 is 0 Å². The average molecular weight is 535 g/mol. The molecule has 4 nitrogen and oxygen atoms in total. The van der Waals surface area contributed by atoms with Gasteiger partial charge in [0.1, 0.15) is 0 Å². The van der Waals surface area contributed by atoms with E-state index in [0.717, 1.165) is 74.7 Å². The predicted octanol–water partition coefficient (Wildman–Crippen LogP) is 9.20. The molecule has 3 aromatic rings. The summed E-state index contributed by atoms with van der Waals surface area (Å²) in [6.45, 7) is 26.8. The monoisotopic (exact) mass is 534 g/mol. The summed E-state index contributed by atoms with van der Waals surface area (Å²) in [6.07, 6.45) is 9.95. The molecule has 0 saturated heterocycles. The highest BCUT2D eigenvalue weighted by molar-refractivity contribution is 5.89. The Kier molecular flexibility index (Phi) is 12.9. The minimum atomic E-state index is 0.723. The zero-order valence-electron chi connectivity index (χ0n) is 25.4. The molecule has 0 aliphatic carbocycles. The first-order valence-corrected chi connectivity index (χ1v) is 14.0. The van der Waals surface area contributed by atoms with Gasteiger partial charge in [-0.05, 0) is 72.9 Å². The van der Waals surface area contributed by atoms with Crippen LogP contribution in [0.2, 0.25) is 0 Å². The Morgan fingerprint density at radius 2 is 1.68 bits per heavy atom. The van der Waals surface area contributed by atoms with Crippen LogP contribution in [-0.2, 0) is 0 Å². The minimum Gasteiger partial charge on any atom is -0.388 e. The summed E-state index contributed by atoms with van der Waals surface area (Å²) in [5, 5.41) is 10.2. The van der Waals surface area contributed by atoms with Gasteiger partial charge in [0.25, 0.3) is 0 Å². The third-order valence-electron chi connectivity index (χ3n) is 6.67. The van der Waals surface area contributed by atoms with Crippen molar-refractivity contribution in [3.63, 3.8) is 0 Å². The van der Waals surface area contributed by atoms with Crippen LogP contribution >= 0.6 is 0 Å². The SMILES string of the molecule is C=C/C(=C\C(=C/C)c1ccc(NC)c(C(=C)C(=C)Nc2cncc(-c3ccc(C)cc3)c2C)c1)CNCC.CC. The molecule has 0 fully saturated rings. The van der Waals surface area contributed by atoms with Crippen molar-refractivity contribution < 1.29 is 0 Å². The van der Waals surface area contributed by atoms with Gasteiger partial charge in [0.2, 0.25) is 0 Å². The van der Waals surface area contributed by atoms with E-state index in [2.05, 4.69) is 123 Å². The number of rotatable bonds is 12. The van der Waals surface area contributed by atoms with E-state index in [-0.39, 0.29) is 0 Å². The summed E-state index contributed by atoms with van der Waals surface area (Å²) in [4.78, 5) is 4.50. The second-order valence-corrected chi connectivity index (χ2v) is 9.27. The van der Waals surface area contributed by atoms with Gasteiger partial charge in [-0.3, -0.25) is 4.98 Å². The van der Waals surface area contributed by atoms with Gasteiger partial charge in [-0.25, -0.2) is 0 Å². The van der Waals surface area contributed by atoms with Crippen LogP contribution < -0.4 is 16.0 Å². The van der Waals surface area contributed by atoms with Crippen LogP contribution in [0.3, 0.4) is 0 Å². The van der Waals surface area contributed by atoms with Crippen LogP contribution in [0.25, 0.3) is 22.3 Å². The van der Waals surface area contributed by atoms with Gasteiger partial charge in [0.15, 0.2) is 0 Å². The lowest BCUT2D eigenvalue weighted by molar-refractivity contribution is 0.785. The van der Waals surface area contributed by atoms with Crippen LogP contribution in [0, 0.1) is 13.8 Å². The highest BCUT2D eigenvalue weighted by Crippen LogP contribution is 2.34. The van der Waals surface area contributed by atoms with E-state index in [9.17, 15) is 0 Å². The molecule has 4 heteroatoms. The van der Waals surface area contributed by atoms with Crippen LogP contribution in [0.4, 0.5) is 11.4 Å². The van der Waals surface area contributed by atoms with E-state index >= 15 is 0 Å². The van der Waals surface area contributed by atoms with Gasteiger partial charge in [-0.1, -0.05) is 94.6 Å². The molecule has 0 amide bonds. The van der Waals surface area contributed by atoms with E-state index in [1.165, 1.54) is 5.56 Å². The number of pyridine rings is 1. The van der Waals surface area contributed by atoms with Crippen molar-refractivity contribution >= 4 is 22.5 Å². The molecular weight excluding hydrogens is 488 g/mol. The summed E-state index contributed by atoms with van der Waals surface area (Å²) < 4.78 is 0. The lowest BCUT2D eigenvalue weighted by Crippen LogP contribution is -2.15. The normalized spacial score (nSPS) is 11.3. The molecule has 0 saturated carbocycles. The molecular formula is C36H46N4. The van der Waals surface area contributed by atoms with Gasteiger partial charge in [0, 0.05) is 42.3 Å². The van der Waals surface area contributed by atoms with Crippen LogP contribution in [0.1, 0.15) is 49.9 Å². The Balaban J connectivity index is 0.00000274. The molecule has 0 unspecified atom stereocenters. The Labute approximate surface area is 242 Å². The van der Waals surface area contributed by atoms with Crippen molar-refractivity contribution in [3.05, 3.63) is 126 Å². The van der Waals surface area contributed by atoms with Crippen molar-refractivity contribution in [2.75, 3.05) is 30.8 Å². The van der Waals surface area contributed by atoms with Crippen molar-refractivity contribution in [1.29, 1.82) is 0 Å².